The minimum atomic E-state index is -1.25. The van der Waals surface area contributed by atoms with Crippen molar-refractivity contribution in [2.75, 3.05) is 0 Å². The van der Waals surface area contributed by atoms with Crippen LogP contribution in [0.3, 0.4) is 0 Å². The summed E-state index contributed by atoms with van der Waals surface area (Å²) in [6.45, 7) is 14.2. The normalized spacial score (nSPS) is 12.9. The predicted octanol–water partition coefficient (Wildman–Crippen LogP) is 5.09. The van der Waals surface area contributed by atoms with Crippen molar-refractivity contribution in [3.8, 4) is 0 Å². The van der Waals surface area contributed by atoms with E-state index in [1.165, 1.54) is 10.5 Å². The van der Waals surface area contributed by atoms with Crippen LogP contribution in [0.25, 0.3) is 0 Å². The van der Waals surface area contributed by atoms with Gasteiger partial charge in [-0.3, -0.25) is 0 Å². The maximum absolute atomic E-state index is 2.46. The number of rotatable bonds is 2. The van der Waals surface area contributed by atoms with E-state index in [9.17, 15) is 0 Å². The first-order valence-corrected chi connectivity index (χ1v) is 10.0. The Morgan fingerprint density at radius 3 is 2.20 bits per heavy atom. The summed E-state index contributed by atoms with van der Waals surface area (Å²) in [5, 5.41) is 0.446. The van der Waals surface area contributed by atoms with Gasteiger partial charge in [0.05, 0.1) is 0 Å². The van der Waals surface area contributed by atoms with E-state index in [0.29, 0.717) is 5.04 Å². The van der Waals surface area contributed by atoms with Crippen LogP contribution in [0.2, 0.25) is 18.1 Å². The Hall–Kier alpha value is -0.213. The topological polar surface area (TPSA) is 0 Å². The molecule has 0 saturated heterocycles. The van der Waals surface area contributed by atoms with Crippen LogP contribution in [0.5, 0.6) is 0 Å². The third kappa shape index (κ3) is 3.39. The third-order valence-corrected chi connectivity index (χ3v) is 11.9. The van der Waals surface area contributed by atoms with Crippen molar-refractivity contribution < 1.29 is 0 Å². The molecule has 0 fully saturated rings. The molecule has 0 aliphatic rings. The lowest BCUT2D eigenvalue weighted by molar-refractivity contribution is 0.736. The second-order valence-corrected chi connectivity index (χ2v) is 14.5. The molecule has 0 aliphatic heterocycles. The molecule has 1 aromatic carbocycles. The molecule has 0 heterocycles. The van der Waals surface area contributed by atoms with Crippen LogP contribution in [-0.4, -0.2) is 7.22 Å². The van der Waals surface area contributed by atoms with E-state index in [0.717, 1.165) is 0 Å². The zero-order valence-corrected chi connectivity index (χ0v) is 12.5. The minimum absolute atomic E-state index is 0.446. The van der Waals surface area contributed by atoms with E-state index in [2.05, 4.69) is 76.3 Å². The van der Waals surface area contributed by atoms with E-state index >= 15 is 0 Å². The standard InChI is InChI=1S/C13H22SSi/c1-11-8-7-9-12(10-11)14-15(5,6)13(2,3)4/h7-10H,1-6H3. The van der Waals surface area contributed by atoms with Gasteiger partial charge in [-0.2, -0.15) is 11.2 Å². The van der Waals surface area contributed by atoms with Gasteiger partial charge in [0.2, 0.25) is 0 Å². The lowest BCUT2D eigenvalue weighted by atomic mass is 10.2. The highest BCUT2D eigenvalue weighted by atomic mass is 32.4. The van der Waals surface area contributed by atoms with E-state index < -0.39 is 7.22 Å². The maximum Gasteiger partial charge on any atom is 0.122 e. The predicted molar refractivity (Wildman–Crippen MR) is 74.2 cm³/mol. The molecule has 0 saturated carbocycles. The van der Waals surface area contributed by atoms with Crippen molar-refractivity contribution >= 4 is 18.4 Å². The molecule has 0 radical (unpaired) electrons. The maximum atomic E-state index is 2.46. The number of benzene rings is 1. The monoisotopic (exact) mass is 238 g/mol. The fourth-order valence-corrected chi connectivity index (χ4v) is 5.48. The first kappa shape index (κ1) is 12.9. The highest BCUT2D eigenvalue weighted by Crippen LogP contribution is 2.46. The fraction of sp³-hybridized carbons (Fsp3) is 0.538. The van der Waals surface area contributed by atoms with E-state index in [1.807, 2.05) is 0 Å². The zero-order valence-electron chi connectivity index (χ0n) is 10.7. The van der Waals surface area contributed by atoms with Crippen LogP contribution in [-0.2, 0) is 0 Å². The molecule has 0 amide bonds. The van der Waals surface area contributed by atoms with E-state index in [4.69, 9.17) is 0 Å². The van der Waals surface area contributed by atoms with Gasteiger partial charge in [0, 0.05) is 4.90 Å². The van der Waals surface area contributed by atoms with Gasteiger partial charge in [0.15, 0.2) is 0 Å². The molecule has 0 N–H and O–H groups in total. The highest BCUT2D eigenvalue weighted by molar-refractivity contribution is 8.29. The molecule has 0 atom stereocenters. The molecule has 2 heteroatoms. The fourth-order valence-electron chi connectivity index (χ4n) is 1.13. The summed E-state index contributed by atoms with van der Waals surface area (Å²) in [6.07, 6.45) is 0. The van der Waals surface area contributed by atoms with Crippen molar-refractivity contribution in [1.82, 2.24) is 0 Å². The molecule has 0 unspecified atom stereocenters. The largest absolute Gasteiger partial charge is 0.151 e. The van der Waals surface area contributed by atoms with Crippen molar-refractivity contribution in [3.05, 3.63) is 29.8 Å². The van der Waals surface area contributed by atoms with Gasteiger partial charge in [-0.1, -0.05) is 51.6 Å². The van der Waals surface area contributed by atoms with Gasteiger partial charge in [-0.25, -0.2) is 0 Å². The average molecular weight is 238 g/mol. The van der Waals surface area contributed by atoms with E-state index in [1.54, 1.807) is 0 Å². The summed E-state index contributed by atoms with van der Waals surface area (Å²) in [7, 11) is -1.25. The molecule has 0 aromatic heterocycles. The Morgan fingerprint density at radius 1 is 1.13 bits per heavy atom. The molecule has 1 rings (SSSR count). The molecule has 0 nitrogen and oxygen atoms in total. The van der Waals surface area contributed by atoms with Crippen molar-refractivity contribution in [1.29, 1.82) is 0 Å². The summed E-state index contributed by atoms with van der Waals surface area (Å²) in [5.74, 6) is 0. The second-order valence-electron chi connectivity index (χ2n) is 5.68. The van der Waals surface area contributed by atoms with Crippen LogP contribution in [0.15, 0.2) is 29.2 Å². The Morgan fingerprint density at radius 2 is 1.73 bits per heavy atom. The third-order valence-electron chi connectivity index (χ3n) is 3.17. The van der Waals surface area contributed by atoms with Crippen LogP contribution < -0.4 is 0 Å². The summed E-state index contributed by atoms with van der Waals surface area (Å²) in [5.41, 5.74) is 1.36. The lowest BCUT2D eigenvalue weighted by Crippen LogP contribution is -2.33. The molecular formula is C13H22SSi. The number of aryl methyl sites for hydroxylation is 1. The summed E-state index contributed by atoms with van der Waals surface area (Å²) in [6, 6.07) is 8.85. The average Bonchev–Trinajstić information content (AvgIpc) is 2.00. The van der Waals surface area contributed by atoms with Gasteiger partial charge in [0.25, 0.3) is 0 Å². The van der Waals surface area contributed by atoms with Gasteiger partial charge >= 0.3 is 0 Å². The summed E-state index contributed by atoms with van der Waals surface area (Å²) < 4.78 is 0. The first-order valence-electron chi connectivity index (χ1n) is 5.48. The van der Waals surface area contributed by atoms with Gasteiger partial charge < -0.3 is 0 Å². The zero-order chi connectivity index (χ0) is 11.7. The quantitative estimate of drug-likeness (QED) is 0.647. The molecule has 0 spiro atoms. The van der Waals surface area contributed by atoms with Crippen molar-refractivity contribution in [2.45, 2.75) is 50.7 Å². The van der Waals surface area contributed by atoms with Gasteiger partial charge in [-0.05, 0) is 24.1 Å². The number of hydrogen-bond acceptors (Lipinski definition) is 1. The Bertz CT molecular complexity index is 337. The minimum Gasteiger partial charge on any atom is -0.151 e. The Kier molecular flexibility index (Phi) is 3.72. The number of hydrogen-bond donors (Lipinski definition) is 0. The van der Waals surface area contributed by atoms with Crippen LogP contribution in [0.4, 0.5) is 0 Å². The van der Waals surface area contributed by atoms with Gasteiger partial charge in [0.1, 0.15) is 7.22 Å². The van der Waals surface area contributed by atoms with Crippen molar-refractivity contribution in [2.24, 2.45) is 0 Å². The molecule has 0 bridgehead atoms. The van der Waals surface area contributed by atoms with Crippen molar-refractivity contribution in [3.63, 3.8) is 0 Å². The SMILES string of the molecule is Cc1cccc(S[Si](C)(C)C(C)(C)C)c1. The summed E-state index contributed by atoms with van der Waals surface area (Å²) in [4.78, 5) is 1.43. The summed E-state index contributed by atoms with van der Waals surface area (Å²) >= 11 is 2.11. The molecule has 0 aliphatic carbocycles. The second kappa shape index (κ2) is 4.34. The molecule has 84 valence electrons. The van der Waals surface area contributed by atoms with Crippen LogP contribution in [0.1, 0.15) is 26.3 Å². The first-order chi connectivity index (χ1) is 6.72. The highest BCUT2D eigenvalue weighted by Gasteiger charge is 2.36. The lowest BCUT2D eigenvalue weighted by Gasteiger charge is -2.36. The van der Waals surface area contributed by atoms with Crippen LogP contribution in [0, 0.1) is 6.92 Å². The Balaban J connectivity index is 2.87. The Labute approximate surface area is 99.1 Å². The van der Waals surface area contributed by atoms with Gasteiger partial charge in [-0.15, -0.1) is 0 Å². The smallest absolute Gasteiger partial charge is 0.122 e. The molecule has 1 aromatic rings. The van der Waals surface area contributed by atoms with E-state index in [-0.39, 0.29) is 0 Å². The van der Waals surface area contributed by atoms with Crippen LogP contribution >= 0.6 is 11.2 Å². The molecular weight excluding hydrogens is 216 g/mol. The molecule has 15 heavy (non-hydrogen) atoms.